The molecular formula is C8H7BrN2O3. The fraction of sp³-hybridized carbons (Fsp3) is 0.250. The van der Waals surface area contributed by atoms with Gasteiger partial charge >= 0.3 is 0 Å². The summed E-state index contributed by atoms with van der Waals surface area (Å²) in [6, 6.07) is 2.61. The van der Waals surface area contributed by atoms with Crippen molar-refractivity contribution in [2.45, 2.75) is 6.04 Å². The van der Waals surface area contributed by atoms with Crippen LogP contribution in [-0.4, -0.2) is 11.5 Å². The average molecular weight is 259 g/mol. The van der Waals surface area contributed by atoms with Gasteiger partial charge in [-0.3, -0.25) is 10.1 Å². The lowest BCUT2D eigenvalue weighted by Crippen LogP contribution is -2.12. The summed E-state index contributed by atoms with van der Waals surface area (Å²) in [6.07, 6.45) is 0. The molecule has 2 N–H and O–H groups in total. The summed E-state index contributed by atoms with van der Waals surface area (Å²) in [4.78, 5) is 10.3. The number of nitrogens with zero attached hydrogens (tertiary/aromatic N) is 1. The molecule has 1 aromatic rings. The van der Waals surface area contributed by atoms with Crippen molar-refractivity contribution in [1.82, 2.24) is 0 Å². The summed E-state index contributed by atoms with van der Waals surface area (Å²) >= 11 is 3.25. The highest BCUT2D eigenvalue weighted by molar-refractivity contribution is 9.10. The molecule has 0 radical (unpaired) electrons. The Bertz CT molecular complexity index is 408. The lowest BCUT2D eigenvalue weighted by Gasteiger charge is -2.03. The molecule has 0 amide bonds. The summed E-state index contributed by atoms with van der Waals surface area (Å²) < 4.78 is 5.96. The zero-order valence-corrected chi connectivity index (χ0v) is 8.65. The van der Waals surface area contributed by atoms with Gasteiger partial charge in [0.2, 0.25) is 0 Å². The van der Waals surface area contributed by atoms with E-state index in [0.29, 0.717) is 22.4 Å². The molecule has 1 atom stereocenters. The van der Waals surface area contributed by atoms with Crippen LogP contribution in [0.5, 0.6) is 5.75 Å². The van der Waals surface area contributed by atoms with Gasteiger partial charge < -0.3 is 10.5 Å². The smallest absolute Gasteiger partial charge is 0.278 e. The Labute approximate surface area is 88.1 Å². The minimum absolute atomic E-state index is 0.0215. The van der Waals surface area contributed by atoms with Crippen LogP contribution < -0.4 is 10.5 Å². The monoisotopic (exact) mass is 258 g/mol. The van der Waals surface area contributed by atoms with Crippen molar-refractivity contribution in [1.29, 1.82) is 0 Å². The van der Waals surface area contributed by atoms with Gasteiger partial charge in [-0.2, -0.15) is 0 Å². The molecule has 1 aliphatic rings. The van der Waals surface area contributed by atoms with Crippen LogP contribution >= 0.6 is 15.9 Å². The lowest BCUT2D eigenvalue weighted by atomic mass is 10.1. The van der Waals surface area contributed by atoms with Gasteiger partial charge in [0.1, 0.15) is 12.4 Å². The molecule has 0 saturated heterocycles. The van der Waals surface area contributed by atoms with Crippen LogP contribution in [0.1, 0.15) is 11.6 Å². The number of nitro groups is 1. The Kier molecular flexibility index (Phi) is 2.16. The highest BCUT2D eigenvalue weighted by Gasteiger charge is 2.31. The van der Waals surface area contributed by atoms with Gasteiger partial charge in [-0.25, -0.2) is 0 Å². The third kappa shape index (κ3) is 1.27. The van der Waals surface area contributed by atoms with E-state index in [9.17, 15) is 10.1 Å². The molecule has 0 aromatic heterocycles. The second kappa shape index (κ2) is 3.21. The number of fused-ring (bicyclic) bond motifs is 1. The van der Waals surface area contributed by atoms with Crippen LogP contribution in [0.15, 0.2) is 16.6 Å². The lowest BCUT2D eigenvalue weighted by molar-refractivity contribution is -0.385. The van der Waals surface area contributed by atoms with Crippen molar-refractivity contribution in [3.63, 3.8) is 0 Å². The number of hydrogen-bond acceptors (Lipinski definition) is 4. The summed E-state index contributed by atoms with van der Waals surface area (Å²) in [5.41, 5.74) is 6.20. The Hall–Kier alpha value is -1.14. The van der Waals surface area contributed by atoms with E-state index in [1.54, 1.807) is 6.07 Å². The molecule has 0 fully saturated rings. The van der Waals surface area contributed by atoms with Gasteiger partial charge in [-0.15, -0.1) is 0 Å². The van der Waals surface area contributed by atoms with Crippen LogP contribution in [0.2, 0.25) is 0 Å². The molecule has 2 rings (SSSR count). The van der Waals surface area contributed by atoms with Gasteiger partial charge in [-0.1, -0.05) is 0 Å². The third-order valence-corrected chi connectivity index (χ3v) is 2.72. The molecule has 0 aliphatic carbocycles. The van der Waals surface area contributed by atoms with Gasteiger partial charge in [0.05, 0.1) is 21.0 Å². The maximum atomic E-state index is 10.7. The summed E-state index contributed by atoms with van der Waals surface area (Å²) in [5, 5.41) is 10.7. The number of ether oxygens (including phenoxy) is 1. The molecule has 14 heavy (non-hydrogen) atoms. The maximum Gasteiger partial charge on any atom is 0.278 e. The maximum absolute atomic E-state index is 10.7. The van der Waals surface area contributed by atoms with Crippen LogP contribution in [0.4, 0.5) is 5.69 Å². The van der Waals surface area contributed by atoms with Gasteiger partial charge in [0.25, 0.3) is 5.69 Å². The Morgan fingerprint density at radius 1 is 1.64 bits per heavy atom. The molecule has 0 spiro atoms. The molecule has 6 heteroatoms. The molecule has 0 unspecified atom stereocenters. The summed E-state index contributed by atoms with van der Waals surface area (Å²) in [7, 11) is 0. The molecule has 74 valence electrons. The molecule has 1 aromatic carbocycles. The normalized spacial score (nSPS) is 18.9. The van der Waals surface area contributed by atoms with Crippen molar-refractivity contribution in [3.05, 3.63) is 32.3 Å². The number of nitro benzene ring substituents is 1. The van der Waals surface area contributed by atoms with Gasteiger partial charge in [0.15, 0.2) is 0 Å². The molecular weight excluding hydrogens is 252 g/mol. The van der Waals surface area contributed by atoms with Gasteiger partial charge in [-0.05, 0) is 22.0 Å². The van der Waals surface area contributed by atoms with Crippen LogP contribution in [0, 0.1) is 10.1 Å². The predicted octanol–water partition coefficient (Wildman–Crippen LogP) is 1.75. The van der Waals surface area contributed by atoms with E-state index in [4.69, 9.17) is 10.5 Å². The van der Waals surface area contributed by atoms with E-state index in [1.165, 1.54) is 6.07 Å². The Morgan fingerprint density at radius 3 is 3.00 bits per heavy atom. The number of rotatable bonds is 1. The fourth-order valence-electron chi connectivity index (χ4n) is 1.48. The molecule has 0 bridgehead atoms. The Balaban J connectivity index is 2.66. The van der Waals surface area contributed by atoms with Crippen molar-refractivity contribution in [2.24, 2.45) is 5.73 Å². The zero-order chi connectivity index (χ0) is 10.3. The van der Waals surface area contributed by atoms with E-state index in [1.807, 2.05) is 0 Å². The summed E-state index contributed by atoms with van der Waals surface area (Å²) in [6.45, 7) is 0.290. The minimum Gasteiger partial charge on any atom is -0.490 e. The zero-order valence-electron chi connectivity index (χ0n) is 7.07. The first-order valence-corrected chi connectivity index (χ1v) is 4.75. The third-order valence-electron chi connectivity index (χ3n) is 2.10. The van der Waals surface area contributed by atoms with Crippen LogP contribution in [0.25, 0.3) is 0 Å². The number of halogens is 1. The number of benzene rings is 1. The van der Waals surface area contributed by atoms with E-state index in [-0.39, 0.29) is 5.69 Å². The molecule has 1 heterocycles. The SMILES string of the molecule is N[C@@H]1COc2c(Br)ccc([N+](=O)[O-])c21. The van der Waals surface area contributed by atoms with E-state index < -0.39 is 11.0 Å². The number of hydrogen-bond donors (Lipinski definition) is 1. The first-order valence-electron chi connectivity index (χ1n) is 3.96. The first kappa shape index (κ1) is 9.42. The van der Waals surface area contributed by atoms with Crippen molar-refractivity contribution >= 4 is 21.6 Å². The standard InChI is InChI=1S/C8H7BrN2O3/c9-4-1-2-6(11(12)13)7-5(10)3-14-8(4)7/h1-2,5H,3,10H2/t5-/m1/s1. The van der Waals surface area contributed by atoms with E-state index in [0.717, 1.165) is 0 Å². The predicted molar refractivity (Wildman–Crippen MR) is 53.2 cm³/mol. The number of nitrogens with two attached hydrogens (primary N) is 1. The Morgan fingerprint density at radius 2 is 2.36 bits per heavy atom. The van der Waals surface area contributed by atoms with Gasteiger partial charge in [0, 0.05) is 6.07 Å². The van der Waals surface area contributed by atoms with E-state index in [2.05, 4.69) is 15.9 Å². The van der Waals surface area contributed by atoms with Crippen LogP contribution in [0.3, 0.4) is 0 Å². The minimum atomic E-state index is -0.445. The molecule has 5 nitrogen and oxygen atoms in total. The van der Waals surface area contributed by atoms with Crippen molar-refractivity contribution < 1.29 is 9.66 Å². The highest BCUT2D eigenvalue weighted by Crippen LogP contribution is 2.42. The highest BCUT2D eigenvalue weighted by atomic mass is 79.9. The van der Waals surface area contributed by atoms with E-state index >= 15 is 0 Å². The van der Waals surface area contributed by atoms with Crippen molar-refractivity contribution in [3.8, 4) is 5.75 Å². The quantitative estimate of drug-likeness (QED) is 0.615. The summed E-state index contributed by atoms with van der Waals surface area (Å²) in [5.74, 6) is 0.492. The topological polar surface area (TPSA) is 78.4 Å². The van der Waals surface area contributed by atoms with Crippen molar-refractivity contribution in [2.75, 3.05) is 6.61 Å². The largest absolute Gasteiger partial charge is 0.490 e. The molecule has 1 aliphatic heterocycles. The average Bonchev–Trinajstić information content (AvgIpc) is 2.50. The van der Waals surface area contributed by atoms with Crippen LogP contribution in [-0.2, 0) is 0 Å². The second-order valence-electron chi connectivity index (χ2n) is 2.98. The fourth-order valence-corrected chi connectivity index (χ4v) is 1.94. The molecule has 0 saturated carbocycles. The first-order chi connectivity index (χ1) is 6.61. The second-order valence-corrected chi connectivity index (χ2v) is 3.84.